The van der Waals surface area contributed by atoms with E-state index in [9.17, 15) is 22.8 Å². The lowest BCUT2D eigenvalue weighted by Crippen LogP contribution is -2.30. The van der Waals surface area contributed by atoms with Crippen LogP contribution in [0.5, 0.6) is 0 Å². The van der Waals surface area contributed by atoms with E-state index in [0.717, 1.165) is 23.9 Å². The summed E-state index contributed by atoms with van der Waals surface area (Å²) in [5.41, 5.74) is -0.362. The third kappa shape index (κ3) is 5.10. The molecule has 1 atom stereocenters. The minimum absolute atomic E-state index is 0.0126. The standard InChI is InChI=1S/C19H15ClF3N3O2S/c1-26-17(28)15(29-18(26)25-14-8-3-2-7-13(14)20)10-16(27)24-12-6-4-5-11(9-12)19(21,22)23/h2-9,15H,10H2,1H3,(H,24,27). The SMILES string of the molecule is CN1C(=O)C(CC(=O)Nc2cccc(C(F)(F)F)c2)SC1=Nc1ccccc1Cl. The van der Waals surface area contributed by atoms with Gasteiger partial charge in [0.2, 0.25) is 11.8 Å². The second-order valence-corrected chi connectivity index (χ2v) is 7.76. The monoisotopic (exact) mass is 441 g/mol. The van der Waals surface area contributed by atoms with Gasteiger partial charge in [-0.2, -0.15) is 13.2 Å². The maximum atomic E-state index is 12.8. The first-order valence-corrected chi connectivity index (χ1v) is 9.65. The van der Waals surface area contributed by atoms with E-state index in [1.54, 1.807) is 24.3 Å². The van der Waals surface area contributed by atoms with Crippen molar-refractivity contribution >= 4 is 51.7 Å². The molecule has 1 fully saturated rings. The van der Waals surface area contributed by atoms with E-state index in [1.807, 2.05) is 0 Å². The fourth-order valence-electron chi connectivity index (χ4n) is 2.60. The first-order chi connectivity index (χ1) is 13.6. The maximum Gasteiger partial charge on any atom is 0.416 e. The van der Waals surface area contributed by atoms with Crippen molar-refractivity contribution in [1.29, 1.82) is 0 Å². The molecule has 2 aromatic rings. The number of anilines is 1. The van der Waals surface area contributed by atoms with Gasteiger partial charge in [0.1, 0.15) is 5.25 Å². The summed E-state index contributed by atoms with van der Waals surface area (Å²) in [4.78, 5) is 30.4. The van der Waals surface area contributed by atoms with Crippen molar-refractivity contribution in [3.63, 3.8) is 0 Å². The summed E-state index contributed by atoms with van der Waals surface area (Å²) in [6.45, 7) is 0. The van der Waals surface area contributed by atoms with Crippen LogP contribution in [0.15, 0.2) is 53.5 Å². The van der Waals surface area contributed by atoms with E-state index in [2.05, 4.69) is 10.3 Å². The molecule has 1 N–H and O–H groups in total. The highest BCUT2D eigenvalue weighted by atomic mass is 35.5. The van der Waals surface area contributed by atoms with Crippen LogP contribution in [-0.4, -0.2) is 34.2 Å². The molecule has 1 aliphatic heterocycles. The van der Waals surface area contributed by atoms with Crippen LogP contribution in [0.25, 0.3) is 0 Å². The highest BCUT2D eigenvalue weighted by Gasteiger charge is 2.37. The average molecular weight is 442 g/mol. The second kappa shape index (κ2) is 8.46. The number of nitrogens with one attached hydrogen (secondary N) is 1. The van der Waals surface area contributed by atoms with Crippen LogP contribution in [0.1, 0.15) is 12.0 Å². The van der Waals surface area contributed by atoms with Gasteiger partial charge < -0.3 is 5.32 Å². The second-order valence-electron chi connectivity index (χ2n) is 6.18. The minimum Gasteiger partial charge on any atom is -0.326 e. The normalized spacial score (nSPS) is 18.4. The Kier molecular flexibility index (Phi) is 6.18. The number of benzene rings is 2. The van der Waals surface area contributed by atoms with Gasteiger partial charge in [0.25, 0.3) is 0 Å². The first-order valence-electron chi connectivity index (χ1n) is 8.39. The average Bonchev–Trinajstić information content (AvgIpc) is 2.91. The largest absolute Gasteiger partial charge is 0.416 e. The molecule has 1 heterocycles. The summed E-state index contributed by atoms with van der Waals surface area (Å²) >= 11 is 7.18. The van der Waals surface area contributed by atoms with Gasteiger partial charge in [0.05, 0.1) is 16.3 Å². The molecule has 0 saturated carbocycles. The maximum absolute atomic E-state index is 12.8. The van der Waals surface area contributed by atoms with E-state index in [1.165, 1.54) is 24.1 Å². The van der Waals surface area contributed by atoms with Crippen LogP contribution < -0.4 is 5.32 Å². The molecule has 0 spiro atoms. The third-order valence-corrected chi connectivity index (χ3v) is 5.60. The lowest BCUT2D eigenvalue weighted by atomic mass is 10.2. The Hall–Kier alpha value is -2.52. The van der Waals surface area contributed by atoms with Crippen LogP contribution in [-0.2, 0) is 15.8 Å². The molecular formula is C19H15ClF3N3O2S. The van der Waals surface area contributed by atoms with E-state index < -0.39 is 22.9 Å². The summed E-state index contributed by atoms with van der Waals surface area (Å²) in [6.07, 6.45) is -4.71. The molecule has 10 heteroatoms. The van der Waals surface area contributed by atoms with Gasteiger partial charge in [0, 0.05) is 19.2 Å². The molecule has 5 nitrogen and oxygen atoms in total. The van der Waals surface area contributed by atoms with Crippen molar-refractivity contribution in [2.75, 3.05) is 12.4 Å². The number of carbonyl (C=O) groups excluding carboxylic acids is 2. The van der Waals surface area contributed by atoms with Gasteiger partial charge in [-0.05, 0) is 30.3 Å². The van der Waals surface area contributed by atoms with Crippen LogP contribution >= 0.6 is 23.4 Å². The number of carbonyl (C=O) groups is 2. The molecule has 1 saturated heterocycles. The Morgan fingerprint density at radius 1 is 1.24 bits per heavy atom. The molecule has 0 aromatic heterocycles. The van der Waals surface area contributed by atoms with Crippen molar-refractivity contribution < 1.29 is 22.8 Å². The number of hydrogen-bond donors (Lipinski definition) is 1. The summed E-state index contributed by atoms with van der Waals surface area (Å²) in [5.74, 6) is -0.887. The van der Waals surface area contributed by atoms with Crippen LogP contribution in [0, 0.1) is 0 Å². The number of hydrogen-bond acceptors (Lipinski definition) is 4. The number of alkyl halides is 3. The van der Waals surface area contributed by atoms with Gasteiger partial charge in [-0.1, -0.05) is 41.6 Å². The Morgan fingerprint density at radius 3 is 2.66 bits per heavy atom. The zero-order valence-electron chi connectivity index (χ0n) is 15.0. The van der Waals surface area contributed by atoms with Crippen molar-refractivity contribution in [2.24, 2.45) is 4.99 Å². The topological polar surface area (TPSA) is 61.8 Å². The number of thioether (sulfide) groups is 1. The number of nitrogens with zero attached hydrogens (tertiary/aromatic N) is 2. The lowest BCUT2D eigenvalue weighted by molar-refractivity contribution is -0.137. The molecular weight excluding hydrogens is 427 g/mol. The van der Waals surface area contributed by atoms with Crippen molar-refractivity contribution in [3.05, 3.63) is 59.1 Å². The third-order valence-electron chi connectivity index (χ3n) is 4.05. The molecule has 29 heavy (non-hydrogen) atoms. The van der Waals surface area contributed by atoms with Crippen molar-refractivity contribution in [1.82, 2.24) is 4.90 Å². The number of amides is 2. The predicted octanol–water partition coefficient (Wildman–Crippen LogP) is 4.95. The quantitative estimate of drug-likeness (QED) is 0.730. The number of aliphatic imine (C=N–C) groups is 1. The minimum atomic E-state index is -4.51. The molecule has 0 aliphatic carbocycles. The first kappa shape index (κ1) is 21.2. The fraction of sp³-hybridized carbons (Fsp3) is 0.211. The number of para-hydroxylation sites is 1. The highest BCUT2D eigenvalue weighted by Crippen LogP contribution is 2.33. The molecule has 0 bridgehead atoms. The van der Waals surface area contributed by atoms with Gasteiger partial charge >= 0.3 is 6.18 Å². The van der Waals surface area contributed by atoms with E-state index >= 15 is 0 Å². The van der Waals surface area contributed by atoms with Gasteiger partial charge in [-0.15, -0.1) is 0 Å². The molecule has 152 valence electrons. The fourth-order valence-corrected chi connectivity index (χ4v) is 3.92. The summed E-state index contributed by atoms with van der Waals surface area (Å²) in [7, 11) is 1.54. The predicted molar refractivity (Wildman–Crippen MR) is 107 cm³/mol. The van der Waals surface area contributed by atoms with Crippen LogP contribution in [0.2, 0.25) is 5.02 Å². The highest BCUT2D eigenvalue weighted by molar-refractivity contribution is 8.15. The smallest absolute Gasteiger partial charge is 0.326 e. The number of amidine groups is 1. The van der Waals surface area contributed by atoms with Gasteiger partial charge in [-0.3, -0.25) is 14.5 Å². The molecule has 1 unspecified atom stereocenters. The van der Waals surface area contributed by atoms with Crippen molar-refractivity contribution in [3.8, 4) is 0 Å². The Balaban J connectivity index is 1.68. The van der Waals surface area contributed by atoms with Crippen molar-refractivity contribution in [2.45, 2.75) is 17.8 Å². The Morgan fingerprint density at radius 2 is 1.97 bits per heavy atom. The van der Waals surface area contributed by atoms with E-state index in [4.69, 9.17) is 11.6 Å². The van der Waals surface area contributed by atoms with Gasteiger partial charge in [0.15, 0.2) is 5.17 Å². The zero-order valence-corrected chi connectivity index (χ0v) is 16.6. The summed E-state index contributed by atoms with van der Waals surface area (Å²) in [6, 6.07) is 11.2. The number of halogens is 4. The Bertz CT molecular complexity index is 981. The molecule has 0 radical (unpaired) electrons. The van der Waals surface area contributed by atoms with Crippen LogP contribution in [0.4, 0.5) is 24.5 Å². The molecule has 2 aromatic carbocycles. The van der Waals surface area contributed by atoms with Crippen LogP contribution in [0.3, 0.4) is 0 Å². The lowest BCUT2D eigenvalue weighted by Gasteiger charge is -2.11. The van der Waals surface area contributed by atoms with E-state index in [-0.39, 0.29) is 18.0 Å². The van der Waals surface area contributed by atoms with E-state index in [0.29, 0.717) is 15.9 Å². The molecule has 3 rings (SSSR count). The van der Waals surface area contributed by atoms with Gasteiger partial charge in [-0.25, -0.2) is 4.99 Å². The summed E-state index contributed by atoms with van der Waals surface area (Å²) in [5, 5.41) is 2.49. The number of rotatable bonds is 4. The molecule has 1 aliphatic rings. The molecule has 2 amide bonds. The zero-order chi connectivity index (χ0) is 21.2. The summed E-state index contributed by atoms with van der Waals surface area (Å²) < 4.78 is 38.4. The Labute approximate surface area is 173 Å².